The molecule has 0 saturated carbocycles. The summed E-state index contributed by atoms with van der Waals surface area (Å²) in [4.78, 5) is 13.9. The molecule has 25 heavy (non-hydrogen) atoms. The smallest absolute Gasteiger partial charge is 0.337 e. The number of hydrogen-bond acceptors (Lipinski definition) is 5. The van der Waals surface area contributed by atoms with Crippen molar-refractivity contribution < 1.29 is 17.9 Å². The zero-order valence-electron chi connectivity index (χ0n) is 14.9. The van der Waals surface area contributed by atoms with Gasteiger partial charge in [0.2, 0.25) is 10.0 Å². The van der Waals surface area contributed by atoms with Gasteiger partial charge in [0, 0.05) is 13.1 Å². The molecule has 6 nitrogen and oxygen atoms in total. The van der Waals surface area contributed by atoms with E-state index in [2.05, 4.69) is 16.6 Å². The molecule has 0 radical (unpaired) electrons. The lowest BCUT2D eigenvalue weighted by Crippen LogP contribution is -2.45. The number of sulfonamides is 1. The van der Waals surface area contributed by atoms with Crippen molar-refractivity contribution in [3.63, 3.8) is 0 Å². The summed E-state index contributed by atoms with van der Waals surface area (Å²) in [6, 6.07) is 4.07. The largest absolute Gasteiger partial charge is 0.465 e. The van der Waals surface area contributed by atoms with E-state index in [0.29, 0.717) is 0 Å². The quantitative estimate of drug-likeness (QED) is 0.701. The Balaban J connectivity index is 2.17. The summed E-state index contributed by atoms with van der Waals surface area (Å²) in [5, 5.41) is 0.0261. The number of carbonyl (C=O) groups is 1. The van der Waals surface area contributed by atoms with Crippen molar-refractivity contribution in [2.45, 2.75) is 37.1 Å². The molecule has 0 N–H and O–H groups in total. The monoisotopic (exact) mass is 388 g/mol. The maximum Gasteiger partial charge on any atom is 0.337 e. The van der Waals surface area contributed by atoms with Crippen LogP contribution < -0.4 is 0 Å². The average molecular weight is 389 g/mol. The third-order valence-electron chi connectivity index (χ3n) is 4.62. The number of hydrogen-bond donors (Lipinski definition) is 0. The second-order valence-corrected chi connectivity index (χ2v) is 8.60. The van der Waals surface area contributed by atoms with Crippen LogP contribution in [-0.2, 0) is 14.8 Å². The van der Waals surface area contributed by atoms with Gasteiger partial charge in [-0.3, -0.25) is 0 Å². The maximum absolute atomic E-state index is 12.9. The highest BCUT2D eigenvalue weighted by molar-refractivity contribution is 7.89. The van der Waals surface area contributed by atoms with Crippen LogP contribution in [0.3, 0.4) is 0 Å². The molecule has 1 saturated heterocycles. The second kappa shape index (κ2) is 8.49. The molecule has 1 aliphatic rings. The molecule has 1 heterocycles. The Morgan fingerprint density at radius 2 is 2.00 bits per heavy atom. The van der Waals surface area contributed by atoms with Crippen LogP contribution in [0.2, 0.25) is 5.02 Å². The maximum atomic E-state index is 12.9. The number of ether oxygens (including phenoxy) is 1. The summed E-state index contributed by atoms with van der Waals surface area (Å²) in [5.74, 6) is -0.553. The first-order chi connectivity index (χ1) is 11.8. The Morgan fingerprint density at radius 3 is 2.52 bits per heavy atom. The molecule has 0 aliphatic carbocycles. The molecule has 1 aliphatic heterocycles. The minimum Gasteiger partial charge on any atom is -0.465 e. The highest BCUT2D eigenvalue weighted by Crippen LogP contribution is 2.28. The van der Waals surface area contributed by atoms with Crippen molar-refractivity contribution in [3.8, 4) is 0 Å². The highest BCUT2D eigenvalue weighted by Gasteiger charge is 2.32. The molecule has 140 valence electrons. The van der Waals surface area contributed by atoms with E-state index >= 15 is 0 Å². The Hall–Kier alpha value is -1.15. The predicted octanol–water partition coefficient (Wildman–Crippen LogP) is 2.62. The van der Waals surface area contributed by atoms with Gasteiger partial charge in [0.25, 0.3) is 0 Å². The topological polar surface area (TPSA) is 66.9 Å². The van der Waals surface area contributed by atoms with E-state index in [9.17, 15) is 13.2 Å². The van der Waals surface area contributed by atoms with Gasteiger partial charge >= 0.3 is 5.97 Å². The molecule has 0 unspecified atom stereocenters. The Labute approximate surface area is 154 Å². The standard InChI is InChI=1S/C17H25ClN2O4S/c1-4-9-20-10-7-14(8-11-20)19(2)25(22,23)16-6-5-13(12-15(16)18)17(21)24-3/h5-6,12,14H,4,7-11H2,1-3H3. The molecule has 0 bridgehead atoms. The normalized spacial score (nSPS) is 17.0. The van der Waals surface area contributed by atoms with Gasteiger partial charge in [0.15, 0.2) is 0 Å². The molecule has 2 rings (SSSR count). The third kappa shape index (κ3) is 4.53. The summed E-state index contributed by atoms with van der Waals surface area (Å²) >= 11 is 6.14. The van der Waals surface area contributed by atoms with Crippen LogP contribution >= 0.6 is 11.6 Å². The lowest BCUT2D eigenvalue weighted by molar-refractivity contribution is 0.0600. The van der Waals surface area contributed by atoms with E-state index in [-0.39, 0.29) is 21.5 Å². The van der Waals surface area contributed by atoms with E-state index < -0.39 is 16.0 Å². The minimum atomic E-state index is -3.72. The third-order valence-corrected chi connectivity index (χ3v) is 7.01. The average Bonchev–Trinajstić information content (AvgIpc) is 2.61. The number of methoxy groups -OCH3 is 1. The van der Waals surface area contributed by atoms with Crippen LogP contribution in [0.1, 0.15) is 36.5 Å². The molecule has 0 aromatic heterocycles. The Morgan fingerprint density at radius 1 is 1.36 bits per heavy atom. The van der Waals surface area contributed by atoms with Crippen molar-refractivity contribution >= 4 is 27.6 Å². The predicted molar refractivity (Wildman–Crippen MR) is 97.5 cm³/mol. The zero-order chi connectivity index (χ0) is 18.6. The number of rotatable bonds is 6. The Kier molecular flexibility index (Phi) is 6.85. The van der Waals surface area contributed by atoms with Gasteiger partial charge in [0.1, 0.15) is 4.90 Å². The number of likely N-dealkylation sites (tertiary alicyclic amines) is 1. The zero-order valence-corrected chi connectivity index (χ0v) is 16.4. The van der Waals surface area contributed by atoms with E-state index in [1.165, 1.54) is 29.6 Å². The lowest BCUT2D eigenvalue weighted by Gasteiger charge is -2.36. The summed E-state index contributed by atoms with van der Waals surface area (Å²) in [6.45, 7) is 4.98. The number of benzene rings is 1. The molecular formula is C17H25ClN2O4S. The fourth-order valence-corrected chi connectivity index (χ4v) is 5.06. The van der Waals surface area contributed by atoms with Crippen LogP contribution in [-0.4, -0.2) is 63.4 Å². The highest BCUT2D eigenvalue weighted by atomic mass is 35.5. The summed E-state index contributed by atoms with van der Waals surface area (Å²) in [7, 11) is -0.857. The van der Waals surface area contributed by atoms with Crippen molar-refractivity contribution in [2.24, 2.45) is 0 Å². The summed E-state index contributed by atoms with van der Waals surface area (Å²) in [6.07, 6.45) is 2.70. The fourth-order valence-electron chi connectivity index (χ4n) is 3.13. The van der Waals surface area contributed by atoms with Gasteiger partial charge in [-0.25, -0.2) is 13.2 Å². The van der Waals surface area contributed by atoms with Crippen LogP contribution in [0.5, 0.6) is 0 Å². The molecule has 0 spiro atoms. The van der Waals surface area contributed by atoms with Gasteiger partial charge in [-0.1, -0.05) is 18.5 Å². The minimum absolute atomic E-state index is 0.0142. The fraction of sp³-hybridized carbons (Fsp3) is 0.588. The molecule has 8 heteroatoms. The molecule has 1 aromatic rings. The van der Waals surface area contributed by atoms with Gasteiger partial charge < -0.3 is 9.64 Å². The van der Waals surface area contributed by atoms with Crippen molar-refractivity contribution in [1.82, 2.24) is 9.21 Å². The first kappa shape index (κ1) is 20.2. The molecule has 1 aromatic carbocycles. The second-order valence-electron chi connectivity index (χ2n) is 6.23. The molecular weight excluding hydrogens is 364 g/mol. The van der Waals surface area contributed by atoms with Crippen LogP contribution in [0.4, 0.5) is 0 Å². The summed E-state index contributed by atoms with van der Waals surface area (Å²) in [5.41, 5.74) is 0.224. The first-order valence-corrected chi connectivity index (χ1v) is 10.2. The summed E-state index contributed by atoms with van der Waals surface area (Å²) < 4.78 is 31.9. The molecule has 1 fully saturated rings. The van der Waals surface area contributed by atoms with E-state index in [1.54, 1.807) is 7.05 Å². The van der Waals surface area contributed by atoms with Crippen molar-refractivity contribution in [2.75, 3.05) is 33.8 Å². The van der Waals surface area contributed by atoms with E-state index in [4.69, 9.17) is 11.6 Å². The number of esters is 1. The van der Waals surface area contributed by atoms with Crippen molar-refractivity contribution in [1.29, 1.82) is 0 Å². The van der Waals surface area contributed by atoms with E-state index in [1.807, 2.05) is 0 Å². The number of carbonyl (C=O) groups excluding carboxylic acids is 1. The molecule has 0 atom stereocenters. The SMILES string of the molecule is CCCN1CCC(N(C)S(=O)(=O)c2ccc(C(=O)OC)cc2Cl)CC1. The van der Waals surface area contributed by atoms with E-state index in [0.717, 1.165) is 38.9 Å². The van der Waals surface area contributed by atoms with Gasteiger partial charge in [-0.15, -0.1) is 0 Å². The first-order valence-electron chi connectivity index (χ1n) is 8.39. The number of piperidine rings is 1. The van der Waals surface area contributed by atoms with Crippen LogP contribution in [0.25, 0.3) is 0 Å². The van der Waals surface area contributed by atoms with Gasteiger partial charge in [-0.2, -0.15) is 4.31 Å². The van der Waals surface area contributed by atoms with Crippen molar-refractivity contribution in [3.05, 3.63) is 28.8 Å². The van der Waals surface area contributed by atoms with Gasteiger partial charge in [0.05, 0.1) is 17.7 Å². The van der Waals surface area contributed by atoms with Crippen LogP contribution in [0, 0.1) is 0 Å². The Bertz CT molecular complexity index is 715. The molecule has 0 amide bonds. The van der Waals surface area contributed by atoms with Crippen LogP contribution in [0.15, 0.2) is 23.1 Å². The lowest BCUT2D eigenvalue weighted by atomic mass is 10.1. The number of halogens is 1. The van der Waals surface area contributed by atoms with Gasteiger partial charge in [-0.05, 0) is 57.1 Å². The number of nitrogens with zero attached hydrogens (tertiary/aromatic N) is 2.